The number of hydrogen-bond acceptors (Lipinski definition) is 4. The third kappa shape index (κ3) is 4.19. The molecule has 0 aliphatic carbocycles. The summed E-state index contributed by atoms with van der Waals surface area (Å²) in [6.07, 6.45) is 3.64. The zero-order chi connectivity index (χ0) is 10.6. The highest BCUT2D eigenvalue weighted by molar-refractivity contribution is 7.98. The zero-order valence-corrected chi connectivity index (χ0v) is 10.5. The van der Waals surface area contributed by atoms with Crippen LogP contribution in [0.2, 0.25) is 0 Å². The number of hydrogen-bond donors (Lipinski definition) is 1. The second-order valence-electron chi connectivity index (χ2n) is 3.95. The second kappa shape index (κ2) is 5.37. The van der Waals surface area contributed by atoms with Crippen LogP contribution in [0.3, 0.4) is 0 Å². The SMILES string of the molecule is CSCC(C)NC1CCS(=O)(=O)CC1. The Morgan fingerprint density at radius 2 is 2.00 bits per heavy atom. The van der Waals surface area contributed by atoms with E-state index in [9.17, 15) is 8.42 Å². The van der Waals surface area contributed by atoms with Gasteiger partial charge in [-0.25, -0.2) is 8.42 Å². The van der Waals surface area contributed by atoms with E-state index in [0.717, 1.165) is 18.6 Å². The third-order valence-electron chi connectivity index (χ3n) is 2.49. The predicted molar refractivity (Wildman–Crippen MR) is 62.7 cm³/mol. The summed E-state index contributed by atoms with van der Waals surface area (Å²) in [7, 11) is -2.71. The molecule has 1 unspecified atom stereocenters. The maximum atomic E-state index is 11.2. The fraction of sp³-hybridized carbons (Fsp3) is 1.00. The molecule has 84 valence electrons. The molecule has 1 aliphatic heterocycles. The van der Waals surface area contributed by atoms with Gasteiger partial charge >= 0.3 is 0 Å². The molecule has 14 heavy (non-hydrogen) atoms. The molecular formula is C9H19NO2S2. The molecule has 1 N–H and O–H groups in total. The van der Waals surface area contributed by atoms with Gasteiger partial charge in [0.1, 0.15) is 9.84 Å². The van der Waals surface area contributed by atoms with Crippen molar-refractivity contribution in [2.24, 2.45) is 0 Å². The van der Waals surface area contributed by atoms with Crippen molar-refractivity contribution in [2.45, 2.75) is 31.8 Å². The monoisotopic (exact) mass is 237 g/mol. The molecule has 0 saturated carbocycles. The fourth-order valence-electron chi connectivity index (χ4n) is 1.76. The minimum atomic E-state index is -2.71. The quantitative estimate of drug-likeness (QED) is 0.789. The fourth-order valence-corrected chi connectivity index (χ4v) is 3.84. The largest absolute Gasteiger partial charge is 0.311 e. The van der Waals surface area contributed by atoms with E-state index in [4.69, 9.17) is 0 Å². The lowest BCUT2D eigenvalue weighted by Gasteiger charge is -2.26. The first kappa shape index (κ1) is 12.3. The Hall–Kier alpha value is 0.260. The highest BCUT2D eigenvalue weighted by Gasteiger charge is 2.23. The van der Waals surface area contributed by atoms with E-state index in [1.165, 1.54) is 0 Å². The number of sulfone groups is 1. The van der Waals surface area contributed by atoms with Crippen LogP contribution in [0.15, 0.2) is 0 Å². The zero-order valence-electron chi connectivity index (χ0n) is 8.82. The minimum Gasteiger partial charge on any atom is -0.311 e. The number of rotatable bonds is 4. The molecule has 1 heterocycles. The first-order valence-electron chi connectivity index (χ1n) is 4.99. The van der Waals surface area contributed by atoms with Gasteiger partial charge < -0.3 is 5.32 Å². The molecular weight excluding hydrogens is 218 g/mol. The Kier molecular flexibility index (Phi) is 4.73. The summed E-state index contributed by atoms with van der Waals surface area (Å²) in [4.78, 5) is 0. The molecule has 0 aromatic heterocycles. The average Bonchev–Trinajstić information content (AvgIpc) is 2.09. The van der Waals surface area contributed by atoms with Crippen molar-refractivity contribution in [1.82, 2.24) is 5.32 Å². The van der Waals surface area contributed by atoms with Crippen LogP contribution in [0.25, 0.3) is 0 Å². The highest BCUT2D eigenvalue weighted by Crippen LogP contribution is 2.13. The molecule has 0 radical (unpaired) electrons. The van der Waals surface area contributed by atoms with Gasteiger partial charge in [-0.1, -0.05) is 0 Å². The molecule has 0 aromatic carbocycles. The number of nitrogens with one attached hydrogen (secondary N) is 1. The van der Waals surface area contributed by atoms with Crippen molar-refractivity contribution in [3.05, 3.63) is 0 Å². The Balaban J connectivity index is 2.29. The van der Waals surface area contributed by atoms with Crippen LogP contribution < -0.4 is 5.32 Å². The van der Waals surface area contributed by atoms with Gasteiger partial charge in [-0.15, -0.1) is 0 Å². The topological polar surface area (TPSA) is 46.2 Å². The lowest BCUT2D eigenvalue weighted by Crippen LogP contribution is -2.42. The van der Waals surface area contributed by atoms with E-state index in [-0.39, 0.29) is 0 Å². The third-order valence-corrected chi connectivity index (χ3v) is 5.04. The standard InChI is InChI=1S/C9H19NO2S2/c1-8(7-13-2)10-9-3-5-14(11,12)6-4-9/h8-10H,3-7H2,1-2H3. The van der Waals surface area contributed by atoms with Crippen LogP contribution in [-0.4, -0.2) is 44.0 Å². The van der Waals surface area contributed by atoms with Crippen LogP contribution in [-0.2, 0) is 9.84 Å². The Labute approximate surface area is 91.0 Å². The van der Waals surface area contributed by atoms with E-state index in [1.54, 1.807) is 0 Å². The van der Waals surface area contributed by atoms with Crippen LogP contribution in [0.1, 0.15) is 19.8 Å². The van der Waals surface area contributed by atoms with Crippen LogP contribution in [0.4, 0.5) is 0 Å². The predicted octanol–water partition coefficient (Wildman–Crippen LogP) is 0.905. The lowest BCUT2D eigenvalue weighted by atomic mass is 10.1. The summed E-state index contributed by atoms with van der Waals surface area (Å²) in [5.74, 6) is 1.80. The smallest absolute Gasteiger partial charge is 0.150 e. The van der Waals surface area contributed by atoms with Gasteiger partial charge in [-0.05, 0) is 26.0 Å². The van der Waals surface area contributed by atoms with Gasteiger partial charge in [0.05, 0.1) is 11.5 Å². The molecule has 0 aromatic rings. The summed E-state index contributed by atoms with van der Waals surface area (Å²) in [6.45, 7) is 2.15. The normalized spacial score (nSPS) is 24.7. The van der Waals surface area contributed by atoms with Gasteiger partial charge in [-0.2, -0.15) is 11.8 Å². The van der Waals surface area contributed by atoms with Gasteiger partial charge in [0.2, 0.25) is 0 Å². The van der Waals surface area contributed by atoms with Crippen molar-refractivity contribution in [1.29, 1.82) is 0 Å². The van der Waals surface area contributed by atoms with E-state index < -0.39 is 9.84 Å². The van der Waals surface area contributed by atoms with Gasteiger partial charge in [-0.3, -0.25) is 0 Å². The average molecular weight is 237 g/mol. The molecule has 1 rings (SSSR count). The van der Waals surface area contributed by atoms with Crippen molar-refractivity contribution in [3.63, 3.8) is 0 Å². The van der Waals surface area contributed by atoms with Crippen LogP contribution in [0, 0.1) is 0 Å². The van der Waals surface area contributed by atoms with Crippen LogP contribution >= 0.6 is 11.8 Å². The Morgan fingerprint density at radius 3 is 2.50 bits per heavy atom. The first-order valence-corrected chi connectivity index (χ1v) is 8.20. The first-order chi connectivity index (χ1) is 6.53. The van der Waals surface area contributed by atoms with E-state index in [0.29, 0.717) is 23.6 Å². The maximum Gasteiger partial charge on any atom is 0.150 e. The number of thioether (sulfide) groups is 1. The van der Waals surface area contributed by atoms with E-state index >= 15 is 0 Å². The summed E-state index contributed by atoms with van der Waals surface area (Å²) in [5, 5.41) is 3.47. The molecule has 0 amide bonds. The van der Waals surface area contributed by atoms with Crippen LogP contribution in [0.5, 0.6) is 0 Å². The van der Waals surface area contributed by atoms with Gasteiger partial charge in [0.25, 0.3) is 0 Å². The van der Waals surface area contributed by atoms with Gasteiger partial charge in [0, 0.05) is 17.8 Å². The Morgan fingerprint density at radius 1 is 1.43 bits per heavy atom. The molecule has 1 saturated heterocycles. The maximum absolute atomic E-state index is 11.2. The van der Waals surface area contributed by atoms with Crippen molar-refractivity contribution in [3.8, 4) is 0 Å². The molecule has 3 nitrogen and oxygen atoms in total. The minimum absolute atomic E-state index is 0.358. The lowest BCUT2D eigenvalue weighted by molar-refractivity contribution is 0.431. The highest BCUT2D eigenvalue weighted by atomic mass is 32.2. The van der Waals surface area contributed by atoms with E-state index in [1.807, 2.05) is 11.8 Å². The summed E-state index contributed by atoms with van der Waals surface area (Å²) in [5.41, 5.74) is 0. The molecule has 1 aliphatic rings. The van der Waals surface area contributed by atoms with Crippen molar-refractivity contribution in [2.75, 3.05) is 23.5 Å². The van der Waals surface area contributed by atoms with Crippen molar-refractivity contribution < 1.29 is 8.42 Å². The molecule has 1 atom stereocenters. The molecule has 5 heteroatoms. The molecule has 0 bridgehead atoms. The second-order valence-corrected chi connectivity index (χ2v) is 7.16. The molecule has 1 fully saturated rings. The summed E-state index contributed by atoms with van der Waals surface area (Å²) in [6, 6.07) is 0.886. The summed E-state index contributed by atoms with van der Waals surface area (Å²) >= 11 is 1.82. The van der Waals surface area contributed by atoms with E-state index in [2.05, 4.69) is 18.5 Å². The van der Waals surface area contributed by atoms with Crippen molar-refractivity contribution >= 4 is 21.6 Å². The van der Waals surface area contributed by atoms with Gasteiger partial charge in [0.15, 0.2) is 0 Å². The Bertz CT molecular complexity index is 250. The molecule has 0 spiro atoms. The summed E-state index contributed by atoms with van der Waals surface area (Å²) < 4.78 is 22.4.